The van der Waals surface area contributed by atoms with Crippen LogP contribution < -0.4 is 0 Å². The van der Waals surface area contributed by atoms with Crippen LogP contribution in [0.5, 0.6) is 0 Å². The van der Waals surface area contributed by atoms with E-state index < -0.39 is 5.82 Å². The number of rotatable bonds is 2. The quantitative estimate of drug-likeness (QED) is 0.821. The van der Waals surface area contributed by atoms with Crippen LogP contribution in [0.4, 0.5) is 4.39 Å². The standard InChI is InChI=1S/C12H9ClFN3/c1-8-9(4-5-15)7-16-17(8)10-2-3-12(14)11(13)6-10/h2-3,6-7H,4H2,1H3. The minimum absolute atomic E-state index is 0.0548. The topological polar surface area (TPSA) is 41.6 Å². The maximum absolute atomic E-state index is 13.0. The van der Waals surface area contributed by atoms with Crippen molar-refractivity contribution in [3.8, 4) is 11.8 Å². The number of benzene rings is 1. The highest BCUT2D eigenvalue weighted by Gasteiger charge is 2.09. The molecule has 0 aliphatic carbocycles. The zero-order valence-electron chi connectivity index (χ0n) is 9.11. The third-order valence-corrected chi connectivity index (χ3v) is 2.82. The predicted octanol–water partition coefficient (Wildman–Crippen LogP) is 3.04. The number of hydrogen-bond donors (Lipinski definition) is 0. The Morgan fingerprint density at radius 3 is 2.94 bits per heavy atom. The van der Waals surface area contributed by atoms with Gasteiger partial charge in [0, 0.05) is 11.3 Å². The first kappa shape index (κ1) is 11.6. The van der Waals surface area contributed by atoms with E-state index in [4.69, 9.17) is 16.9 Å². The van der Waals surface area contributed by atoms with Crippen molar-refractivity contribution >= 4 is 11.6 Å². The first-order chi connectivity index (χ1) is 8.13. The molecular formula is C12H9ClFN3. The van der Waals surface area contributed by atoms with E-state index in [0.29, 0.717) is 12.1 Å². The Hall–Kier alpha value is -1.86. The second-order valence-electron chi connectivity index (χ2n) is 3.60. The highest BCUT2D eigenvalue weighted by molar-refractivity contribution is 6.30. The van der Waals surface area contributed by atoms with Gasteiger partial charge >= 0.3 is 0 Å². The molecule has 1 heterocycles. The first-order valence-corrected chi connectivity index (χ1v) is 5.37. The van der Waals surface area contributed by atoms with Crippen LogP contribution in [0.3, 0.4) is 0 Å². The van der Waals surface area contributed by atoms with Crippen LogP contribution in [0.25, 0.3) is 5.69 Å². The molecule has 0 bridgehead atoms. The second kappa shape index (κ2) is 4.56. The number of aromatic nitrogens is 2. The Kier molecular flexibility index (Phi) is 3.12. The molecule has 3 nitrogen and oxygen atoms in total. The third-order valence-electron chi connectivity index (χ3n) is 2.53. The van der Waals surface area contributed by atoms with Crippen molar-refractivity contribution in [2.75, 3.05) is 0 Å². The summed E-state index contributed by atoms with van der Waals surface area (Å²) in [6, 6.07) is 6.47. The fourth-order valence-corrected chi connectivity index (χ4v) is 1.75. The lowest BCUT2D eigenvalue weighted by Crippen LogP contribution is -1.99. The minimum atomic E-state index is -0.461. The molecule has 1 aromatic heterocycles. The molecular weight excluding hydrogens is 241 g/mol. The Bertz CT molecular complexity index is 598. The maximum atomic E-state index is 13.0. The van der Waals surface area contributed by atoms with Crippen LogP contribution in [-0.4, -0.2) is 9.78 Å². The third kappa shape index (κ3) is 2.15. The maximum Gasteiger partial charge on any atom is 0.141 e. The SMILES string of the molecule is Cc1c(CC#N)cnn1-c1ccc(F)c(Cl)c1. The summed E-state index contributed by atoms with van der Waals surface area (Å²) >= 11 is 5.72. The van der Waals surface area contributed by atoms with Crippen LogP contribution >= 0.6 is 11.6 Å². The van der Waals surface area contributed by atoms with Crippen molar-refractivity contribution < 1.29 is 4.39 Å². The van der Waals surface area contributed by atoms with Gasteiger partial charge in [-0.15, -0.1) is 0 Å². The minimum Gasteiger partial charge on any atom is -0.238 e. The molecule has 86 valence electrons. The Morgan fingerprint density at radius 2 is 2.29 bits per heavy atom. The lowest BCUT2D eigenvalue weighted by molar-refractivity contribution is 0.627. The van der Waals surface area contributed by atoms with Crippen molar-refractivity contribution in [3.05, 3.63) is 46.5 Å². The Morgan fingerprint density at radius 1 is 1.53 bits per heavy atom. The fourth-order valence-electron chi connectivity index (χ4n) is 1.58. The molecule has 0 saturated heterocycles. The van der Waals surface area contributed by atoms with Gasteiger partial charge in [-0.2, -0.15) is 10.4 Å². The summed E-state index contributed by atoms with van der Waals surface area (Å²) in [4.78, 5) is 0. The molecule has 0 fully saturated rings. The van der Waals surface area contributed by atoms with E-state index in [0.717, 1.165) is 11.3 Å². The second-order valence-corrected chi connectivity index (χ2v) is 4.01. The van der Waals surface area contributed by atoms with Gasteiger partial charge in [0.1, 0.15) is 5.82 Å². The molecule has 0 aliphatic heterocycles. The highest BCUT2D eigenvalue weighted by Crippen LogP contribution is 2.20. The Balaban J connectivity index is 2.47. The number of halogens is 2. The van der Waals surface area contributed by atoms with Crippen molar-refractivity contribution in [2.45, 2.75) is 13.3 Å². The molecule has 2 aromatic rings. The van der Waals surface area contributed by atoms with Gasteiger partial charge in [0.2, 0.25) is 0 Å². The van der Waals surface area contributed by atoms with Crippen molar-refractivity contribution in [3.63, 3.8) is 0 Å². The van der Waals surface area contributed by atoms with Gasteiger partial charge in [0.05, 0.1) is 29.4 Å². The largest absolute Gasteiger partial charge is 0.238 e. The first-order valence-electron chi connectivity index (χ1n) is 4.99. The monoisotopic (exact) mass is 249 g/mol. The predicted molar refractivity (Wildman–Crippen MR) is 62.6 cm³/mol. The molecule has 0 amide bonds. The molecule has 2 rings (SSSR count). The highest BCUT2D eigenvalue weighted by atomic mass is 35.5. The number of hydrogen-bond acceptors (Lipinski definition) is 2. The summed E-state index contributed by atoms with van der Waals surface area (Å²) in [6.07, 6.45) is 1.94. The summed E-state index contributed by atoms with van der Waals surface area (Å²) in [7, 11) is 0. The molecule has 0 unspecified atom stereocenters. The van der Waals surface area contributed by atoms with Gasteiger partial charge in [-0.3, -0.25) is 0 Å². The van der Waals surface area contributed by atoms with Gasteiger partial charge in [-0.1, -0.05) is 11.6 Å². The molecule has 0 saturated carbocycles. The zero-order chi connectivity index (χ0) is 12.4. The summed E-state index contributed by atoms with van der Waals surface area (Å²) in [5.74, 6) is -0.461. The van der Waals surface area contributed by atoms with Crippen LogP contribution in [0.2, 0.25) is 5.02 Å². The number of nitrogens with zero attached hydrogens (tertiary/aromatic N) is 3. The van der Waals surface area contributed by atoms with E-state index in [1.807, 2.05) is 6.92 Å². The van der Waals surface area contributed by atoms with E-state index in [-0.39, 0.29) is 5.02 Å². The summed E-state index contributed by atoms with van der Waals surface area (Å²) in [5.41, 5.74) is 2.39. The van der Waals surface area contributed by atoms with Crippen LogP contribution in [0.1, 0.15) is 11.3 Å². The van der Waals surface area contributed by atoms with E-state index in [1.165, 1.54) is 12.1 Å². The fraction of sp³-hybridized carbons (Fsp3) is 0.167. The summed E-state index contributed by atoms with van der Waals surface area (Å²) in [6.45, 7) is 1.86. The normalized spacial score (nSPS) is 10.2. The molecule has 17 heavy (non-hydrogen) atoms. The van der Waals surface area contributed by atoms with E-state index in [2.05, 4.69) is 11.2 Å². The van der Waals surface area contributed by atoms with Crippen LogP contribution in [0.15, 0.2) is 24.4 Å². The molecule has 0 N–H and O–H groups in total. The average Bonchev–Trinajstić information content (AvgIpc) is 2.66. The number of nitriles is 1. The van der Waals surface area contributed by atoms with E-state index in [1.54, 1.807) is 16.9 Å². The molecule has 5 heteroatoms. The lowest BCUT2D eigenvalue weighted by Gasteiger charge is -2.05. The zero-order valence-corrected chi connectivity index (χ0v) is 9.87. The summed E-state index contributed by atoms with van der Waals surface area (Å²) < 4.78 is 14.7. The average molecular weight is 250 g/mol. The van der Waals surface area contributed by atoms with Crippen molar-refractivity contribution in [1.29, 1.82) is 5.26 Å². The Labute approximate surface area is 103 Å². The van der Waals surface area contributed by atoms with E-state index >= 15 is 0 Å². The van der Waals surface area contributed by atoms with Gasteiger partial charge in [0.15, 0.2) is 0 Å². The van der Waals surface area contributed by atoms with Crippen molar-refractivity contribution in [1.82, 2.24) is 9.78 Å². The van der Waals surface area contributed by atoms with Crippen LogP contribution in [-0.2, 0) is 6.42 Å². The molecule has 0 atom stereocenters. The van der Waals surface area contributed by atoms with E-state index in [9.17, 15) is 4.39 Å². The molecule has 1 aromatic carbocycles. The molecule has 0 aliphatic rings. The smallest absolute Gasteiger partial charge is 0.141 e. The van der Waals surface area contributed by atoms with Gasteiger partial charge < -0.3 is 0 Å². The van der Waals surface area contributed by atoms with Gasteiger partial charge in [-0.05, 0) is 25.1 Å². The van der Waals surface area contributed by atoms with Crippen LogP contribution in [0, 0.1) is 24.1 Å². The molecule has 0 radical (unpaired) electrons. The lowest BCUT2D eigenvalue weighted by atomic mass is 10.2. The van der Waals surface area contributed by atoms with Gasteiger partial charge in [0.25, 0.3) is 0 Å². The van der Waals surface area contributed by atoms with Crippen molar-refractivity contribution in [2.24, 2.45) is 0 Å². The molecule has 0 spiro atoms. The summed E-state index contributed by atoms with van der Waals surface area (Å²) in [5, 5.41) is 12.9. The van der Waals surface area contributed by atoms with Gasteiger partial charge in [-0.25, -0.2) is 9.07 Å².